The minimum absolute atomic E-state index is 0. The van der Waals surface area contributed by atoms with E-state index in [4.69, 9.17) is 14.2 Å². The molecule has 0 unspecified atom stereocenters. The molecule has 0 amide bonds. The smallest absolute Gasteiger partial charge is 0.191 e. The van der Waals surface area contributed by atoms with Crippen molar-refractivity contribution in [3.05, 3.63) is 29.3 Å². The number of aliphatic imine (C=N–C) groups is 1. The molecule has 1 aliphatic rings. The number of ether oxygens (including phenoxy) is 3. The van der Waals surface area contributed by atoms with Gasteiger partial charge in [0.05, 0.1) is 6.61 Å². The van der Waals surface area contributed by atoms with E-state index in [9.17, 15) is 0 Å². The van der Waals surface area contributed by atoms with Gasteiger partial charge >= 0.3 is 0 Å². The van der Waals surface area contributed by atoms with E-state index in [1.54, 1.807) is 7.05 Å². The number of halogens is 1. The van der Waals surface area contributed by atoms with E-state index in [1.807, 2.05) is 18.7 Å². The van der Waals surface area contributed by atoms with Crippen molar-refractivity contribution in [3.8, 4) is 5.75 Å². The molecule has 1 heterocycles. The number of rotatable bonds is 10. The second-order valence-corrected chi connectivity index (χ2v) is 8.21. The molecule has 0 saturated carbocycles. The first-order valence-electron chi connectivity index (χ1n) is 10.00. The zero-order valence-corrected chi connectivity index (χ0v) is 21.2. The maximum absolute atomic E-state index is 5.93. The zero-order valence-electron chi connectivity index (χ0n) is 18.1. The molecule has 8 heteroatoms. The summed E-state index contributed by atoms with van der Waals surface area (Å²) in [7, 11) is 1.81. The van der Waals surface area contributed by atoms with Crippen molar-refractivity contribution in [2.24, 2.45) is 4.99 Å². The highest BCUT2D eigenvalue weighted by Crippen LogP contribution is 2.32. The Morgan fingerprint density at radius 1 is 1.24 bits per heavy atom. The lowest BCUT2D eigenvalue weighted by molar-refractivity contribution is 0.0783. The normalized spacial score (nSPS) is 16.1. The fourth-order valence-corrected chi connectivity index (χ4v) is 3.93. The highest BCUT2D eigenvalue weighted by Gasteiger charge is 2.31. The largest absolute Gasteiger partial charge is 0.491 e. The van der Waals surface area contributed by atoms with Gasteiger partial charge in [0.1, 0.15) is 12.4 Å². The van der Waals surface area contributed by atoms with Crippen LogP contribution in [-0.4, -0.2) is 63.6 Å². The third kappa shape index (κ3) is 8.90. The fourth-order valence-electron chi connectivity index (χ4n) is 3.14. The molecule has 0 spiro atoms. The molecule has 0 bridgehead atoms. The summed E-state index contributed by atoms with van der Waals surface area (Å²) < 4.78 is 17.0. The first-order chi connectivity index (χ1) is 13.6. The number of nitrogens with one attached hydrogen (secondary N) is 2. The van der Waals surface area contributed by atoms with Crippen molar-refractivity contribution < 1.29 is 14.2 Å². The van der Waals surface area contributed by atoms with Crippen molar-refractivity contribution in [2.75, 3.05) is 52.9 Å². The summed E-state index contributed by atoms with van der Waals surface area (Å²) >= 11 is 1.92. The molecule has 1 saturated heterocycles. The van der Waals surface area contributed by atoms with Crippen molar-refractivity contribution in [3.63, 3.8) is 0 Å². The SMILES string of the molecule is CCOCCOc1cc(C)ccc1CNC(=NC)NCC1(SC)CCOCC1.I. The predicted molar refractivity (Wildman–Crippen MR) is 133 cm³/mol. The van der Waals surface area contributed by atoms with Gasteiger partial charge in [-0.15, -0.1) is 24.0 Å². The number of aryl methyl sites for hydroxylation is 1. The molecular formula is C21H36IN3O3S. The number of nitrogens with zero attached hydrogens (tertiary/aromatic N) is 1. The Hall–Kier alpha value is -0.710. The molecule has 1 aromatic rings. The Morgan fingerprint density at radius 3 is 2.66 bits per heavy atom. The number of thioether (sulfide) groups is 1. The number of hydrogen-bond donors (Lipinski definition) is 2. The summed E-state index contributed by atoms with van der Waals surface area (Å²) in [6, 6.07) is 6.28. The molecule has 0 radical (unpaired) electrons. The maximum Gasteiger partial charge on any atom is 0.191 e. The van der Waals surface area contributed by atoms with Crippen LogP contribution in [0.15, 0.2) is 23.2 Å². The minimum Gasteiger partial charge on any atom is -0.491 e. The van der Waals surface area contributed by atoms with Crippen molar-refractivity contribution in [2.45, 2.75) is 38.0 Å². The monoisotopic (exact) mass is 537 g/mol. The lowest BCUT2D eigenvalue weighted by Crippen LogP contribution is -2.47. The van der Waals surface area contributed by atoms with Crippen LogP contribution in [0.1, 0.15) is 30.9 Å². The van der Waals surface area contributed by atoms with Gasteiger partial charge in [-0.1, -0.05) is 12.1 Å². The molecule has 2 rings (SSSR count). The summed E-state index contributed by atoms with van der Waals surface area (Å²) in [6.07, 6.45) is 4.31. The molecule has 2 N–H and O–H groups in total. The van der Waals surface area contributed by atoms with E-state index in [2.05, 4.69) is 47.0 Å². The Labute approximate surface area is 197 Å². The molecule has 29 heavy (non-hydrogen) atoms. The number of guanidine groups is 1. The molecule has 1 aromatic carbocycles. The first-order valence-corrected chi connectivity index (χ1v) is 11.2. The van der Waals surface area contributed by atoms with Gasteiger partial charge in [0.15, 0.2) is 5.96 Å². The van der Waals surface area contributed by atoms with Crippen LogP contribution < -0.4 is 15.4 Å². The van der Waals surface area contributed by atoms with E-state index < -0.39 is 0 Å². The van der Waals surface area contributed by atoms with Crippen LogP contribution in [-0.2, 0) is 16.0 Å². The van der Waals surface area contributed by atoms with Gasteiger partial charge in [-0.2, -0.15) is 11.8 Å². The molecule has 166 valence electrons. The van der Waals surface area contributed by atoms with Crippen LogP contribution in [0.5, 0.6) is 5.75 Å². The van der Waals surface area contributed by atoms with Crippen LogP contribution in [0, 0.1) is 6.92 Å². The van der Waals surface area contributed by atoms with Crippen LogP contribution in [0.3, 0.4) is 0 Å². The van der Waals surface area contributed by atoms with E-state index in [0.717, 1.165) is 49.9 Å². The average molecular weight is 538 g/mol. The number of benzene rings is 1. The van der Waals surface area contributed by atoms with Gasteiger partial charge in [0, 0.05) is 50.3 Å². The lowest BCUT2D eigenvalue weighted by Gasteiger charge is -2.36. The average Bonchev–Trinajstić information content (AvgIpc) is 2.73. The summed E-state index contributed by atoms with van der Waals surface area (Å²) in [5.41, 5.74) is 2.29. The van der Waals surface area contributed by atoms with Gasteiger partial charge in [-0.25, -0.2) is 0 Å². The lowest BCUT2D eigenvalue weighted by atomic mass is 9.99. The van der Waals surface area contributed by atoms with E-state index >= 15 is 0 Å². The van der Waals surface area contributed by atoms with Crippen LogP contribution >= 0.6 is 35.7 Å². The Morgan fingerprint density at radius 2 is 2.00 bits per heavy atom. The number of hydrogen-bond acceptors (Lipinski definition) is 5. The fraction of sp³-hybridized carbons (Fsp3) is 0.667. The summed E-state index contributed by atoms with van der Waals surface area (Å²) in [5, 5.41) is 6.91. The molecule has 0 aliphatic carbocycles. The third-order valence-corrected chi connectivity index (χ3v) is 6.42. The van der Waals surface area contributed by atoms with E-state index in [-0.39, 0.29) is 28.7 Å². The van der Waals surface area contributed by atoms with Gasteiger partial charge in [0.25, 0.3) is 0 Å². The molecule has 0 atom stereocenters. The maximum atomic E-state index is 5.93. The van der Waals surface area contributed by atoms with Crippen LogP contribution in [0.25, 0.3) is 0 Å². The van der Waals surface area contributed by atoms with Crippen LogP contribution in [0.4, 0.5) is 0 Å². The van der Waals surface area contributed by atoms with Crippen molar-refractivity contribution >= 4 is 41.7 Å². The van der Waals surface area contributed by atoms with E-state index in [1.165, 1.54) is 5.56 Å². The van der Waals surface area contributed by atoms with Crippen molar-refractivity contribution in [1.82, 2.24) is 10.6 Å². The Kier molecular flexibility index (Phi) is 13.0. The zero-order chi connectivity index (χ0) is 20.2. The van der Waals surface area contributed by atoms with Gasteiger partial charge in [-0.3, -0.25) is 4.99 Å². The highest BCUT2D eigenvalue weighted by molar-refractivity contribution is 14.0. The topological polar surface area (TPSA) is 64.1 Å². The summed E-state index contributed by atoms with van der Waals surface area (Å²) in [6.45, 7) is 9.11. The standard InChI is InChI=1S/C21H35N3O3S.HI/c1-5-25-12-13-27-19-14-17(2)6-7-18(19)15-23-20(22-3)24-16-21(28-4)8-10-26-11-9-21;/h6-7,14H,5,8-13,15-16H2,1-4H3,(H2,22,23,24);1H. The summed E-state index contributed by atoms with van der Waals surface area (Å²) in [5.74, 6) is 1.70. The quantitative estimate of drug-likeness (QED) is 0.206. The molecular weight excluding hydrogens is 501 g/mol. The van der Waals surface area contributed by atoms with Gasteiger partial charge in [-0.05, 0) is 44.6 Å². The molecule has 1 aliphatic heterocycles. The Bertz CT molecular complexity index is 625. The van der Waals surface area contributed by atoms with E-state index in [0.29, 0.717) is 26.4 Å². The van der Waals surface area contributed by atoms with Gasteiger partial charge in [0.2, 0.25) is 0 Å². The van der Waals surface area contributed by atoms with Crippen molar-refractivity contribution in [1.29, 1.82) is 0 Å². The molecule has 0 aromatic heterocycles. The molecule has 6 nitrogen and oxygen atoms in total. The van der Waals surface area contributed by atoms with Gasteiger partial charge < -0.3 is 24.8 Å². The molecule has 1 fully saturated rings. The second-order valence-electron chi connectivity index (χ2n) is 6.94. The third-order valence-electron chi connectivity index (χ3n) is 5.00. The van der Waals surface area contributed by atoms with Crippen LogP contribution in [0.2, 0.25) is 0 Å². The minimum atomic E-state index is 0. The predicted octanol–water partition coefficient (Wildman–Crippen LogP) is 3.61. The highest BCUT2D eigenvalue weighted by atomic mass is 127. The summed E-state index contributed by atoms with van der Waals surface area (Å²) in [4.78, 5) is 4.38. The Balaban J connectivity index is 0.00000420. The first kappa shape index (κ1) is 26.3. The second kappa shape index (κ2) is 14.3.